The first kappa shape index (κ1) is 16.2. The molecular weight excluding hydrogens is 328 g/mol. The van der Waals surface area contributed by atoms with Gasteiger partial charge in [-0.15, -0.1) is 0 Å². The van der Waals surface area contributed by atoms with Crippen LogP contribution in [0.3, 0.4) is 0 Å². The molecule has 0 fully saturated rings. The van der Waals surface area contributed by atoms with Crippen LogP contribution < -0.4 is 4.74 Å². The molecule has 0 spiro atoms. The van der Waals surface area contributed by atoms with Crippen molar-refractivity contribution >= 4 is 28.9 Å². The van der Waals surface area contributed by atoms with Crippen LogP contribution in [0.15, 0.2) is 59.2 Å². The van der Waals surface area contributed by atoms with Crippen molar-refractivity contribution in [3.8, 4) is 11.5 Å². The maximum absolute atomic E-state index is 12.8. The van der Waals surface area contributed by atoms with E-state index in [0.717, 1.165) is 22.1 Å². The molecule has 0 atom stereocenters. The van der Waals surface area contributed by atoms with E-state index in [0.29, 0.717) is 5.75 Å². The molecule has 1 aromatic heterocycles. The van der Waals surface area contributed by atoms with E-state index in [-0.39, 0.29) is 17.1 Å². The molecule has 0 radical (unpaired) electrons. The van der Waals surface area contributed by atoms with Crippen molar-refractivity contribution in [1.29, 1.82) is 0 Å². The fourth-order valence-electron chi connectivity index (χ4n) is 3.00. The summed E-state index contributed by atoms with van der Waals surface area (Å²) < 4.78 is 11.3. The molecule has 0 bridgehead atoms. The molecule has 26 heavy (non-hydrogen) atoms. The lowest BCUT2D eigenvalue weighted by Crippen LogP contribution is -2.28. The van der Waals surface area contributed by atoms with Gasteiger partial charge in [0.1, 0.15) is 28.2 Å². The molecule has 1 N–H and O–H groups in total. The average Bonchev–Trinajstić information content (AvgIpc) is 3.06. The number of hydrogen-bond donors (Lipinski definition) is 1. The third kappa shape index (κ3) is 2.90. The molecule has 3 aromatic rings. The Morgan fingerprint density at radius 1 is 1.15 bits per heavy atom. The lowest BCUT2D eigenvalue weighted by Gasteiger charge is -2.29. The Hall–Kier alpha value is -3.27. The summed E-state index contributed by atoms with van der Waals surface area (Å²) >= 11 is 0. The van der Waals surface area contributed by atoms with Crippen LogP contribution in [0.5, 0.6) is 11.5 Å². The molecule has 4 rings (SSSR count). The summed E-state index contributed by atoms with van der Waals surface area (Å²) in [5.74, 6) is 0.0185. The fraction of sp³-hybridized carbons (Fsp3) is 0.136. The largest absolute Gasteiger partial charge is 0.507 e. The van der Waals surface area contributed by atoms with Crippen LogP contribution in [-0.4, -0.2) is 16.5 Å². The molecule has 1 aliphatic rings. The molecule has 4 heteroatoms. The van der Waals surface area contributed by atoms with Gasteiger partial charge in [0.15, 0.2) is 5.78 Å². The topological polar surface area (TPSA) is 59.7 Å². The second-order valence-electron chi connectivity index (χ2n) is 6.83. The zero-order valence-corrected chi connectivity index (χ0v) is 14.5. The first-order chi connectivity index (χ1) is 12.4. The van der Waals surface area contributed by atoms with Gasteiger partial charge >= 0.3 is 0 Å². The van der Waals surface area contributed by atoms with E-state index < -0.39 is 5.60 Å². The molecule has 0 saturated heterocycles. The van der Waals surface area contributed by atoms with Gasteiger partial charge in [-0.05, 0) is 61.9 Å². The molecule has 1 aliphatic heterocycles. The van der Waals surface area contributed by atoms with Gasteiger partial charge in [0.05, 0.1) is 6.26 Å². The van der Waals surface area contributed by atoms with Crippen molar-refractivity contribution in [3.63, 3.8) is 0 Å². The van der Waals surface area contributed by atoms with Crippen LogP contribution in [0.1, 0.15) is 35.3 Å². The first-order valence-electron chi connectivity index (χ1n) is 8.37. The van der Waals surface area contributed by atoms with Crippen molar-refractivity contribution in [2.75, 3.05) is 0 Å². The number of aromatic hydroxyl groups is 1. The predicted octanol–water partition coefficient (Wildman–Crippen LogP) is 5.22. The van der Waals surface area contributed by atoms with E-state index in [1.54, 1.807) is 18.4 Å². The number of benzene rings is 2. The number of hydrogen-bond acceptors (Lipinski definition) is 4. The molecule has 2 heterocycles. The smallest absolute Gasteiger partial charge is 0.193 e. The number of carbonyl (C=O) groups is 1. The third-order valence-corrected chi connectivity index (χ3v) is 4.35. The van der Waals surface area contributed by atoms with E-state index in [1.165, 1.54) is 12.1 Å². The van der Waals surface area contributed by atoms with Gasteiger partial charge < -0.3 is 14.3 Å². The normalized spacial score (nSPS) is 15.2. The van der Waals surface area contributed by atoms with Gasteiger partial charge in [0.2, 0.25) is 0 Å². The third-order valence-electron chi connectivity index (χ3n) is 4.35. The van der Waals surface area contributed by atoms with Crippen molar-refractivity contribution in [2.24, 2.45) is 0 Å². The Labute approximate surface area is 151 Å². The second kappa shape index (κ2) is 5.92. The summed E-state index contributed by atoms with van der Waals surface area (Å²) in [7, 11) is 0. The number of furan rings is 1. The van der Waals surface area contributed by atoms with E-state index in [2.05, 4.69) is 0 Å². The Morgan fingerprint density at radius 2 is 2.00 bits per heavy atom. The van der Waals surface area contributed by atoms with E-state index in [1.807, 2.05) is 50.3 Å². The highest BCUT2D eigenvalue weighted by Crippen LogP contribution is 2.38. The SMILES string of the molecule is CC1(C)C=Cc2ccc(O)c(C(=O)/C=C/c3ccc4occc4c3)c2O1. The standard InChI is InChI=1S/C22H18O4/c1-22(2)11-9-15-5-7-18(24)20(21(15)26-22)17(23)6-3-14-4-8-19-16(13-14)10-12-25-19/h3-13,24H,1-2H3/b6-3+. The number of carbonyl (C=O) groups excluding carboxylic acids is 1. The minimum Gasteiger partial charge on any atom is -0.507 e. The van der Waals surface area contributed by atoms with Crippen molar-refractivity contribution in [3.05, 3.63) is 71.5 Å². The number of phenolic OH excluding ortho intramolecular Hbond substituents is 1. The van der Waals surface area contributed by atoms with Gasteiger partial charge in [-0.3, -0.25) is 4.79 Å². The predicted molar refractivity (Wildman–Crippen MR) is 101 cm³/mol. The Bertz CT molecular complexity index is 1070. The zero-order valence-electron chi connectivity index (χ0n) is 14.5. The van der Waals surface area contributed by atoms with Crippen LogP contribution >= 0.6 is 0 Å². The first-order valence-corrected chi connectivity index (χ1v) is 8.37. The van der Waals surface area contributed by atoms with E-state index >= 15 is 0 Å². The summed E-state index contributed by atoms with van der Waals surface area (Å²) in [6.45, 7) is 3.81. The Morgan fingerprint density at radius 3 is 2.85 bits per heavy atom. The number of rotatable bonds is 3. The molecule has 0 aliphatic carbocycles. The summed E-state index contributed by atoms with van der Waals surface area (Å²) in [6.07, 6.45) is 8.63. The maximum Gasteiger partial charge on any atom is 0.193 e. The lowest BCUT2D eigenvalue weighted by atomic mass is 9.97. The average molecular weight is 346 g/mol. The van der Waals surface area contributed by atoms with Crippen molar-refractivity contribution in [2.45, 2.75) is 19.4 Å². The summed E-state index contributed by atoms with van der Waals surface area (Å²) in [6, 6.07) is 10.8. The van der Waals surface area contributed by atoms with Crippen LogP contribution in [0.25, 0.3) is 23.1 Å². The highest BCUT2D eigenvalue weighted by atomic mass is 16.5. The highest BCUT2D eigenvalue weighted by Gasteiger charge is 2.27. The van der Waals surface area contributed by atoms with Crippen molar-refractivity contribution < 1.29 is 19.1 Å². The van der Waals surface area contributed by atoms with Gasteiger partial charge in [-0.2, -0.15) is 0 Å². The summed E-state index contributed by atoms with van der Waals surface area (Å²) in [5, 5.41) is 11.2. The highest BCUT2D eigenvalue weighted by molar-refractivity contribution is 6.11. The Balaban J connectivity index is 1.69. The number of ketones is 1. The van der Waals surface area contributed by atoms with Crippen LogP contribution in [0.4, 0.5) is 0 Å². The minimum absolute atomic E-state index is 0.0882. The van der Waals surface area contributed by atoms with Crippen LogP contribution in [-0.2, 0) is 0 Å². The minimum atomic E-state index is -0.536. The second-order valence-corrected chi connectivity index (χ2v) is 6.83. The number of fused-ring (bicyclic) bond motifs is 2. The van der Waals surface area contributed by atoms with Crippen molar-refractivity contribution in [1.82, 2.24) is 0 Å². The number of phenols is 1. The van der Waals surface area contributed by atoms with Gasteiger partial charge in [-0.25, -0.2) is 0 Å². The number of allylic oxidation sites excluding steroid dienone is 1. The molecule has 0 unspecified atom stereocenters. The molecule has 4 nitrogen and oxygen atoms in total. The zero-order chi connectivity index (χ0) is 18.3. The van der Waals surface area contributed by atoms with Gasteiger partial charge in [0, 0.05) is 10.9 Å². The Kier molecular flexibility index (Phi) is 3.69. The van der Waals surface area contributed by atoms with E-state index in [4.69, 9.17) is 9.15 Å². The maximum atomic E-state index is 12.8. The van der Waals surface area contributed by atoms with Crippen LogP contribution in [0, 0.1) is 0 Å². The van der Waals surface area contributed by atoms with Gasteiger partial charge in [0.25, 0.3) is 0 Å². The molecule has 130 valence electrons. The van der Waals surface area contributed by atoms with Crippen LogP contribution in [0.2, 0.25) is 0 Å². The number of ether oxygens (including phenoxy) is 1. The lowest BCUT2D eigenvalue weighted by molar-refractivity contribution is 0.103. The van der Waals surface area contributed by atoms with E-state index in [9.17, 15) is 9.90 Å². The quantitative estimate of drug-likeness (QED) is 0.522. The summed E-state index contributed by atoms with van der Waals surface area (Å²) in [4.78, 5) is 12.8. The molecule has 0 amide bonds. The summed E-state index contributed by atoms with van der Waals surface area (Å²) in [5.41, 5.74) is 2.09. The monoisotopic (exact) mass is 346 g/mol. The molecular formula is C22H18O4. The van der Waals surface area contributed by atoms with Gasteiger partial charge in [-0.1, -0.05) is 18.2 Å². The fourth-order valence-corrected chi connectivity index (χ4v) is 3.00. The molecule has 0 saturated carbocycles. The molecule has 2 aromatic carbocycles.